The van der Waals surface area contributed by atoms with E-state index in [1.165, 1.54) is 25.7 Å². The Morgan fingerprint density at radius 2 is 1.84 bits per heavy atom. The first-order valence-electron chi connectivity index (χ1n) is 9.57. The van der Waals surface area contributed by atoms with E-state index in [9.17, 15) is 12.8 Å². The SMILES string of the molecule is CCS(=O)(=O)Nc1cc(-c2ccc3ncnc(Nc4ccc(F)nc4)c3c2)cnc1OC. The molecule has 4 rings (SSSR count). The number of hydrogen-bond acceptors (Lipinski definition) is 8. The Morgan fingerprint density at radius 1 is 1.00 bits per heavy atom. The molecule has 0 fully saturated rings. The molecule has 0 amide bonds. The number of anilines is 3. The summed E-state index contributed by atoms with van der Waals surface area (Å²) >= 11 is 0. The van der Waals surface area contributed by atoms with E-state index in [4.69, 9.17) is 4.74 Å². The van der Waals surface area contributed by atoms with Crippen molar-refractivity contribution >= 4 is 38.1 Å². The van der Waals surface area contributed by atoms with Gasteiger partial charge in [-0.15, -0.1) is 0 Å². The molecule has 0 bridgehead atoms. The molecule has 3 aromatic heterocycles. The van der Waals surface area contributed by atoms with Gasteiger partial charge < -0.3 is 10.1 Å². The van der Waals surface area contributed by atoms with Crippen molar-refractivity contribution in [2.75, 3.05) is 22.9 Å². The monoisotopic (exact) mass is 454 g/mol. The third-order valence-electron chi connectivity index (χ3n) is 4.65. The molecule has 0 saturated carbocycles. The van der Waals surface area contributed by atoms with Crippen LogP contribution in [0.5, 0.6) is 5.88 Å². The van der Waals surface area contributed by atoms with E-state index in [1.54, 1.807) is 25.3 Å². The van der Waals surface area contributed by atoms with Crippen molar-refractivity contribution in [3.63, 3.8) is 0 Å². The van der Waals surface area contributed by atoms with Crippen LogP contribution in [0.3, 0.4) is 0 Å². The summed E-state index contributed by atoms with van der Waals surface area (Å²) in [5, 5.41) is 3.82. The molecular formula is C21H19FN6O3S. The van der Waals surface area contributed by atoms with Gasteiger partial charge in [0.1, 0.15) is 17.8 Å². The second-order valence-corrected chi connectivity index (χ2v) is 8.75. The molecule has 0 spiro atoms. The summed E-state index contributed by atoms with van der Waals surface area (Å²) in [6.07, 6.45) is 4.38. The zero-order chi connectivity index (χ0) is 22.7. The molecule has 0 aliphatic carbocycles. The average molecular weight is 454 g/mol. The molecule has 0 unspecified atom stereocenters. The Morgan fingerprint density at radius 3 is 2.56 bits per heavy atom. The first-order chi connectivity index (χ1) is 15.4. The van der Waals surface area contributed by atoms with Gasteiger partial charge in [0, 0.05) is 17.1 Å². The minimum Gasteiger partial charge on any atom is -0.480 e. The topological polar surface area (TPSA) is 119 Å². The molecular weight excluding hydrogens is 435 g/mol. The van der Waals surface area contributed by atoms with Gasteiger partial charge in [0.15, 0.2) is 0 Å². The summed E-state index contributed by atoms with van der Waals surface area (Å²) in [6, 6.07) is 9.98. The highest BCUT2D eigenvalue weighted by atomic mass is 32.2. The van der Waals surface area contributed by atoms with Crippen LogP contribution in [0.15, 0.2) is 55.1 Å². The molecule has 11 heteroatoms. The van der Waals surface area contributed by atoms with Crippen LogP contribution in [0.4, 0.5) is 21.6 Å². The number of benzene rings is 1. The van der Waals surface area contributed by atoms with Crippen LogP contribution in [-0.2, 0) is 10.0 Å². The van der Waals surface area contributed by atoms with Gasteiger partial charge in [0.05, 0.1) is 30.3 Å². The average Bonchev–Trinajstić information content (AvgIpc) is 2.80. The first-order valence-corrected chi connectivity index (χ1v) is 11.2. The van der Waals surface area contributed by atoms with E-state index in [0.29, 0.717) is 28.0 Å². The highest BCUT2D eigenvalue weighted by Gasteiger charge is 2.15. The number of nitrogens with zero attached hydrogens (tertiary/aromatic N) is 4. The molecule has 0 aliphatic rings. The standard InChI is InChI=1S/C21H19FN6O3S/c1-3-32(29,30)28-18-9-14(10-24-21(18)31-2)13-4-6-17-16(8-13)20(26-12-25-17)27-15-5-7-19(22)23-11-15/h4-12,28H,3H2,1-2H3,(H,25,26,27). The Kier molecular flexibility index (Phi) is 5.82. The van der Waals surface area contributed by atoms with Crippen LogP contribution in [0.25, 0.3) is 22.0 Å². The largest absolute Gasteiger partial charge is 0.480 e. The Balaban J connectivity index is 1.76. The zero-order valence-corrected chi connectivity index (χ0v) is 18.0. The minimum atomic E-state index is -3.52. The second kappa shape index (κ2) is 8.71. The fraction of sp³-hybridized carbons (Fsp3) is 0.143. The van der Waals surface area contributed by atoms with Crippen LogP contribution >= 0.6 is 0 Å². The number of rotatable bonds is 7. The maximum Gasteiger partial charge on any atom is 0.238 e. The third-order valence-corrected chi connectivity index (χ3v) is 5.94. The van der Waals surface area contributed by atoms with E-state index in [2.05, 4.69) is 30.0 Å². The van der Waals surface area contributed by atoms with Gasteiger partial charge in [-0.05, 0) is 42.8 Å². The maximum atomic E-state index is 13.1. The molecule has 2 N–H and O–H groups in total. The molecule has 0 saturated heterocycles. The Bertz CT molecular complexity index is 1380. The van der Waals surface area contributed by atoms with Crippen LogP contribution in [0, 0.1) is 5.95 Å². The summed E-state index contributed by atoms with van der Waals surface area (Å²) in [5.41, 5.74) is 2.93. The van der Waals surface area contributed by atoms with Gasteiger partial charge in [0.2, 0.25) is 21.9 Å². The van der Waals surface area contributed by atoms with E-state index >= 15 is 0 Å². The van der Waals surface area contributed by atoms with Gasteiger partial charge in [-0.3, -0.25) is 4.72 Å². The summed E-state index contributed by atoms with van der Waals surface area (Å²) < 4.78 is 44.9. The van der Waals surface area contributed by atoms with Gasteiger partial charge in [-0.2, -0.15) is 4.39 Å². The van der Waals surface area contributed by atoms with Gasteiger partial charge in [-0.25, -0.2) is 28.4 Å². The van der Waals surface area contributed by atoms with Gasteiger partial charge in [0.25, 0.3) is 0 Å². The molecule has 9 nitrogen and oxygen atoms in total. The van der Waals surface area contributed by atoms with Crippen LogP contribution in [0.1, 0.15) is 6.92 Å². The maximum absolute atomic E-state index is 13.1. The molecule has 0 radical (unpaired) electrons. The number of halogens is 1. The van der Waals surface area contributed by atoms with Crippen molar-refractivity contribution in [3.8, 4) is 17.0 Å². The number of aromatic nitrogens is 4. The lowest BCUT2D eigenvalue weighted by molar-refractivity contribution is 0.400. The predicted octanol–water partition coefficient (Wildman–Crippen LogP) is 3.74. The third kappa shape index (κ3) is 4.57. The van der Waals surface area contributed by atoms with Crippen molar-refractivity contribution in [2.45, 2.75) is 6.92 Å². The number of methoxy groups -OCH3 is 1. The number of hydrogen-bond donors (Lipinski definition) is 2. The molecule has 4 aromatic rings. The first kappa shape index (κ1) is 21.4. The van der Waals surface area contributed by atoms with E-state index in [0.717, 1.165) is 5.56 Å². The van der Waals surface area contributed by atoms with Gasteiger partial charge >= 0.3 is 0 Å². The van der Waals surface area contributed by atoms with Crippen molar-refractivity contribution in [2.24, 2.45) is 0 Å². The van der Waals surface area contributed by atoms with Crippen molar-refractivity contribution in [1.82, 2.24) is 19.9 Å². The Hall–Kier alpha value is -3.86. The number of sulfonamides is 1. The fourth-order valence-corrected chi connectivity index (χ4v) is 3.63. The second-order valence-electron chi connectivity index (χ2n) is 6.74. The minimum absolute atomic E-state index is 0.0824. The van der Waals surface area contributed by atoms with Crippen LogP contribution in [-0.4, -0.2) is 41.2 Å². The number of fused-ring (bicyclic) bond motifs is 1. The molecule has 32 heavy (non-hydrogen) atoms. The van der Waals surface area contributed by atoms with Gasteiger partial charge in [-0.1, -0.05) is 6.07 Å². The summed E-state index contributed by atoms with van der Waals surface area (Å²) in [7, 11) is -2.10. The lowest BCUT2D eigenvalue weighted by Gasteiger charge is -2.13. The predicted molar refractivity (Wildman–Crippen MR) is 120 cm³/mol. The molecule has 0 atom stereocenters. The normalized spacial score (nSPS) is 11.3. The Labute approximate surface area is 183 Å². The molecule has 164 valence electrons. The lowest BCUT2D eigenvalue weighted by Crippen LogP contribution is -2.15. The smallest absolute Gasteiger partial charge is 0.238 e. The molecule has 1 aromatic carbocycles. The fourth-order valence-electron chi connectivity index (χ4n) is 3.01. The zero-order valence-electron chi connectivity index (χ0n) is 17.2. The summed E-state index contributed by atoms with van der Waals surface area (Å²) in [6.45, 7) is 1.54. The lowest BCUT2D eigenvalue weighted by atomic mass is 10.0. The number of pyridine rings is 2. The summed E-state index contributed by atoms with van der Waals surface area (Å²) in [5.74, 6) is 0.0210. The van der Waals surface area contributed by atoms with Crippen molar-refractivity contribution in [1.29, 1.82) is 0 Å². The number of nitrogens with one attached hydrogen (secondary N) is 2. The van der Waals surface area contributed by atoms with Crippen LogP contribution < -0.4 is 14.8 Å². The summed E-state index contributed by atoms with van der Waals surface area (Å²) in [4.78, 5) is 16.4. The van der Waals surface area contributed by atoms with Crippen molar-refractivity contribution in [3.05, 3.63) is 61.1 Å². The van der Waals surface area contributed by atoms with E-state index < -0.39 is 16.0 Å². The van der Waals surface area contributed by atoms with E-state index in [-0.39, 0.29) is 17.3 Å². The highest BCUT2D eigenvalue weighted by molar-refractivity contribution is 7.92. The van der Waals surface area contributed by atoms with Crippen LogP contribution in [0.2, 0.25) is 0 Å². The van der Waals surface area contributed by atoms with Crippen molar-refractivity contribution < 1.29 is 17.5 Å². The number of ether oxygens (including phenoxy) is 1. The van der Waals surface area contributed by atoms with E-state index in [1.807, 2.05) is 18.2 Å². The molecule has 0 aliphatic heterocycles. The highest BCUT2D eigenvalue weighted by Crippen LogP contribution is 2.32. The molecule has 3 heterocycles. The quantitative estimate of drug-likeness (QED) is 0.405.